The van der Waals surface area contributed by atoms with Crippen LogP contribution >= 0.6 is 0 Å². The fourth-order valence-electron chi connectivity index (χ4n) is 2.64. The molecule has 1 aliphatic rings. The van der Waals surface area contributed by atoms with Crippen LogP contribution in [0.1, 0.15) is 31.7 Å². The van der Waals surface area contributed by atoms with Gasteiger partial charge in [-0.25, -0.2) is 13.6 Å². The van der Waals surface area contributed by atoms with Gasteiger partial charge in [-0.05, 0) is 43.4 Å². The molecule has 0 bridgehead atoms. The lowest BCUT2D eigenvalue weighted by atomic mass is 10.1. The molecule has 0 spiro atoms. The van der Waals surface area contributed by atoms with Crippen LogP contribution in [-0.2, 0) is 10.0 Å². The lowest BCUT2D eigenvalue weighted by Crippen LogP contribution is -2.23. The van der Waals surface area contributed by atoms with Crippen molar-refractivity contribution in [2.45, 2.75) is 44.0 Å². The number of nitrogens with two attached hydrogens (primary N) is 1. The Morgan fingerprint density at radius 1 is 1.33 bits per heavy atom. The SMILES string of the molecule is Cc1c(NC2CCCC2C)cccc1S(N)(=O)=O. The van der Waals surface area contributed by atoms with Gasteiger partial charge < -0.3 is 5.32 Å². The maximum Gasteiger partial charge on any atom is 0.238 e. The number of primary sulfonamides is 1. The van der Waals surface area contributed by atoms with Crippen molar-refractivity contribution in [3.8, 4) is 0 Å². The average Bonchev–Trinajstić information content (AvgIpc) is 2.66. The summed E-state index contributed by atoms with van der Waals surface area (Å²) in [5.74, 6) is 0.627. The third-order valence-electron chi connectivity index (χ3n) is 3.79. The summed E-state index contributed by atoms with van der Waals surface area (Å²) in [6.07, 6.45) is 3.60. The van der Waals surface area contributed by atoms with Gasteiger partial charge >= 0.3 is 0 Å². The second-order valence-corrected chi connectivity index (χ2v) is 6.66. The molecule has 0 radical (unpaired) electrons. The van der Waals surface area contributed by atoms with E-state index in [1.54, 1.807) is 19.1 Å². The summed E-state index contributed by atoms with van der Waals surface area (Å²) >= 11 is 0. The highest BCUT2D eigenvalue weighted by molar-refractivity contribution is 7.89. The summed E-state index contributed by atoms with van der Waals surface area (Å²) in [6, 6.07) is 5.62. The van der Waals surface area contributed by atoms with E-state index in [1.165, 1.54) is 12.8 Å². The van der Waals surface area contributed by atoms with Crippen molar-refractivity contribution in [3.05, 3.63) is 23.8 Å². The van der Waals surface area contributed by atoms with Gasteiger partial charge in [-0.1, -0.05) is 19.4 Å². The van der Waals surface area contributed by atoms with E-state index in [-0.39, 0.29) is 4.90 Å². The normalized spacial score (nSPS) is 24.2. The topological polar surface area (TPSA) is 72.2 Å². The third-order valence-corrected chi connectivity index (χ3v) is 4.85. The van der Waals surface area contributed by atoms with Gasteiger partial charge in [0.05, 0.1) is 4.90 Å². The van der Waals surface area contributed by atoms with Crippen LogP contribution in [0.15, 0.2) is 23.1 Å². The summed E-state index contributed by atoms with van der Waals surface area (Å²) in [6.45, 7) is 4.02. The Bertz CT molecular complexity index is 540. The van der Waals surface area contributed by atoms with Gasteiger partial charge in [0.15, 0.2) is 0 Å². The second kappa shape index (κ2) is 4.90. The lowest BCUT2D eigenvalue weighted by molar-refractivity contribution is 0.556. The minimum absolute atomic E-state index is 0.207. The van der Waals surface area contributed by atoms with Crippen molar-refractivity contribution in [2.75, 3.05) is 5.32 Å². The number of anilines is 1. The number of benzene rings is 1. The molecule has 2 rings (SSSR count). The van der Waals surface area contributed by atoms with Crippen LogP contribution in [0.4, 0.5) is 5.69 Å². The zero-order valence-corrected chi connectivity index (χ0v) is 11.6. The molecule has 1 aromatic carbocycles. The van der Waals surface area contributed by atoms with Gasteiger partial charge in [0.25, 0.3) is 0 Å². The molecule has 100 valence electrons. The Balaban J connectivity index is 2.29. The quantitative estimate of drug-likeness (QED) is 0.883. The van der Waals surface area contributed by atoms with Crippen molar-refractivity contribution in [1.82, 2.24) is 0 Å². The van der Waals surface area contributed by atoms with Crippen LogP contribution in [-0.4, -0.2) is 14.5 Å². The van der Waals surface area contributed by atoms with Crippen LogP contribution in [0, 0.1) is 12.8 Å². The Labute approximate surface area is 109 Å². The minimum atomic E-state index is -3.64. The molecule has 0 amide bonds. The van der Waals surface area contributed by atoms with E-state index < -0.39 is 10.0 Å². The minimum Gasteiger partial charge on any atom is -0.382 e. The first-order valence-corrected chi connectivity index (χ1v) is 7.83. The smallest absolute Gasteiger partial charge is 0.238 e. The molecule has 3 N–H and O–H groups in total. The van der Waals surface area contributed by atoms with Crippen LogP contribution in [0.5, 0.6) is 0 Å². The second-order valence-electron chi connectivity index (χ2n) is 5.13. The molecule has 18 heavy (non-hydrogen) atoms. The molecule has 5 heteroatoms. The van der Waals surface area contributed by atoms with Crippen LogP contribution < -0.4 is 10.5 Å². The number of sulfonamides is 1. The molecule has 1 saturated carbocycles. The average molecular weight is 268 g/mol. The Hall–Kier alpha value is -1.07. The number of nitrogens with one attached hydrogen (secondary N) is 1. The highest BCUT2D eigenvalue weighted by Crippen LogP contribution is 2.30. The van der Waals surface area contributed by atoms with Crippen molar-refractivity contribution in [2.24, 2.45) is 11.1 Å². The Morgan fingerprint density at radius 3 is 2.61 bits per heavy atom. The monoisotopic (exact) mass is 268 g/mol. The van der Waals surface area contributed by atoms with E-state index in [4.69, 9.17) is 5.14 Å². The summed E-state index contributed by atoms with van der Waals surface area (Å²) < 4.78 is 22.9. The van der Waals surface area contributed by atoms with Gasteiger partial charge in [0, 0.05) is 11.7 Å². The molecule has 0 aromatic heterocycles. The molecule has 1 aliphatic carbocycles. The highest BCUT2D eigenvalue weighted by atomic mass is 32.2. The maximum atomic E-state index is 11.5. The molecular formula is C13H20N2O2S. The molecule has 0 aliphatic heterocycles. The molecule has 4 nitrogen and oxygen atoms in total. The van der Waals surface area contributed by atoms with E-state index in [0.717, 1.165) is 12.1 Å². The van der Waals surface area contributed by atoms with Crippen molar-refractivity contribution in [1.29, 1.82) is 0 Å². The van der Waals surface area contributed by atoms with E-state index in [2.05, 4.69) is 12.2 Å². The number of rotatable bonds is 3. The molecule has 1 aromatic rings. The largest absolute Gasteiger partial charge is 0.382 e. The van der Waals surface area contributed by atoms with Crippen LogP contribution in [0.3, 0.4) is 0 Å². The molecule has 0 saturated heterocycles. The molecule has 0 heterocycles. The number of hydrogen-bond donors (Lipinski definition) is 2. The van der Waals surface area contributed by atoms with Crippen molar-refractivity contribution < 1.29 is 8.42 Å². The first-order valence-electron chi connectivity index (χ1n) is 6.28. The summed E-state index contributed by atoms with van der Waals surface area (Å²) in [5.41, 5.74) is 1.58. The standard InChI is InChI=1S/C13H20N2O2S/c1-9-5-3-6-11(9)15-12-7-4-8-13(10(12)2)18(14,16)17/h4,7-9,11,15H,3,5-6H2,1-2H3,(H2,14,16,17). The van der Waals surface area contributed by atoms with E-state index in [9.17, 15) is 8.42 Å². The summed E-state index contributed by atoms with van der Waals surface area (Å²) in [4.78, 5) is 0.207. The van der Waals surface area contributed by atoms with Gasteiger partial charge in [-0.3, -0.25) is 0 Å². The predicted molar refractivity (Wildman–Crippen MR) is 73.0 cm³/mol. The molecule has 1 fully saturated rings. The Kier molecular flexibility index (Phi) is 3.64. The van der Waals surface area contributed by atoms with Gasteiger partial charge in [0.1, 0.15) is 0 Å². The first kappa shape index (κ1) is 13.4. The van der Waals surface area contributed by atoms with E-state index in [1.807, 2.05) is 6.07 Å². The van der Waals surface area contributed by atoms with Gasteiger partial charge in [-0.2, -0.15) is 0 Å². The first-order chi connectivity index (χ1) is 8.39. The Morgan fingerprint density at radius 2 is 2.06 bits per heavy atom. The van der Waals surface area contributed by atoms with Crippen molar-refractivity contribution >= 4 is 15.7 Å². The molecule has 2 atom stereocenters. The highest BCUT2D eigenvalue weighted by Gasteiger charge is 2.24. The summed E-state index contributed by atoms with van der Waals surface area (Å²) in [7, 11) is -3.64. The zero-order chi connectivity index (χ0) is 13.3. The van der Waals surface area contributed by atoms with E-state index >= 15 is 0 Å². The third kappa shape index (κ3) is 2.67. The summed E-state index contributed by atoms with van der Waals surface area (Å²) in [5, 5.41) is 8.66. The molecule has 2 unspecified atom stereocenters. The lowest BCUT2D eigenvalue weighted by Gasteiger charge is -2.21. The molecular weight excluding hydrogens is 248 g/mol. The fraction of sp³-hybridized carbons (Fsp3) is 0.538. The maximum absolute atomic E-state index is 11.5. The predicted octanol–water partition coefficient (Wildman–Crippen LogP) is 2.24. The van der Waals surface area contributed by atoms with Gasteiger partial charge in [-0.15, -0.1) is 0 Å². The fourth-order valence-corrected chi connectivity index (χ4v) is 3.44. The van der Waals surface area contributed by atoms with Gasteiger partial charge in [0.2, 0.25) is 10.0 Å². The zero-order valence-electron chi connectivity index (χ0n) is 10.8. The van der Waals surface area contributed by atoms with Crippen molar-refractivity contribution in [3.63, 3.8) is 0 Å². The number of hydrogen-bond acceptors (Lipinski definition) is 3. The van der Waals surface area contributed by atoms with Crippen LogP contribution in [0.2, 0.25) is 0 Å². The van der Waals surface area contributed by atoms with Crippen LogP contribution in [0.25, 0.3) is 0 Å². The van der Waals surface area contributed by atoms with E-state index in [0.29, 0.717) is 17.5 Å².